The SMILES string of the molecule is O=C(c1ccccc1)N(CC1=NCCO1)c1ccc(F)[c-]c1F.O=C(c1ccccc1)N(CC1=NCCO1)c1ccc(F)[c-]c1F.[C-]1=CC=CC1.[C-]1=CC=CC1.[Ti+4]. The van der Waals surface area contributed by atoms with Crippen LogP contribution < -0.4 is 9.80 Å². The van der Waals surface area contributed by atoms with Crippen LogP contribution in [0.15, 0.2) is 131 Å². The van der Waals surface area contributed by atoms with E-state index in [0.717, 1.165) is 25.0 Å². The Balaban J connectivity index is 0.000000200. The number of rotatable bonds is 8. The first-order chi connectivity index (χ1) is 27.3. The van der Waals surface area contributed by atoms with Crippen LogP contribution in [0.1, 0.15) is 33.6 Å². The molecule has 8 rings (SSSR count). The molecule has 2 heterocycles. The van der Waals surface area contributed by atoms with Crippen LogP contribution in [0.25, 0.3) is 0 Å². The molecule has 0 saturated carbocycles. The van der Waals surface area contributed by atoms with Crippen LogP contribution in [0, 0.1) is 47.6 Å². The quantitative estimate of drug-likeness (QED) is 0.102. The Kier molecular flexibility index (Phi) is 17.9. The fraction of sp³-hybridized carbons (Fsp3) is 0.182. The van der Waals surface area contributed by atoms with Crippen LogP contribution in [0.5, 0.6) is 0 Å². The summed E-state index contributed by atoms with van der Waals surface area (Å²) in [6.07, 6.45) is 20.0. The van der Waals surface area contributed by atoms with Gasteiger partial charge in [-0.15, -0.1) is 49.2 Å². The summed E-state index contributed by atoms with van der Waals surface area (Å²) < 4.78 is 65.0. The van der Waals surface area contributed by atoms with Gasteiger partial charge in [-0.05, 0) is 35.6 Å². The summed E-state index contributed by atoms with van der Waals surface area (Å²) in [6, 6.07) is 25.3. The maximum Gasteiger partial charge on any atom is 4.00 e. The number of hydrogen-bond acceptors (Lipinski definition) is 6. The van der Waals surface area contributed by atoms with Gasteiger partial charge >= 0.3 is 21.7 Å². The molecule has 288 valence electrons. The Morgan fingerprint density at radius 2 is 1.00 bits per heavy atom. The van der Waals surface area contributed by atoms with Gasteiger partial charge in [-0.3, -0.25) is 31.7 Å². The summed E-state index contributed by atoms with van der Waals surface area (Å²) >= 11 is 0. The number of ether oxygens (including phenoxy) is 2. The molecule has 0 saturated heterocycles. The van der Waals surface area contributed by atoms with E-state index in [9.17, 15) is 27.2 Å². The van der Waals surface area contributed by atoms with Gasteiger partial charge in [-0.2, -0.15) is 12.2 Å². The minimum absolute atomic E-state index is 0. The van der Waals surface area contributed by atoms with E-state index in [2.05, 4.69) is 34.3 Å². The first kappa shape index (κ1) is 43.9. The number of carbonyl (C=O) groups excluding carboxylic acids is 2. The zero-order valence-electron chi connectivity index (χ0n) is 30.6. The molecule has 2 aliphatic heterocycles. The molecular weight excluding hydrogens is 772 g/mol. The van der Waals surface area contributed by atoms with Crippen molar-refractivity contribution >= 4 is 35.0 Å². The molecule has 0 radical (unpaired) electrons. The van der Waals surface area contributed by atoms with Gasteiger partial charge in [0.1, 0.15) is 13.2 Å². The molecular formula is C44H36F4N4O4Ti. The van der Waals surface area contributed by atoms with E-state index >= 15 is 0 Å². The van der Waals surface area contributed by atoms with Gasteiger partial charge in [0.25, 0.3) is 0 Å². The Morgan fingerprint density at radius 3 is 1.28 bits per heavy atom. The second-order valence-electron chi connectivity index (χ2n) is 11.8. The van der Waals surface area contributed by atoms with Crippen molar-refractivity contribution in [1.82, 2.24) is 0 Å². The molecule has 2 amide bonds. The first-order valence-corrected chi connectivity index (χ1v) is 17.5. The zero-order chi connectivity index (χ0) is 39.5. The van der Waals surface area contributed by atoms with Crippen molar-refractivity contribution in [2.45, 2.75) is 12.8 Å². The monoisotopic (exact) mass is 808 g/mol. The summed E-state index contributed by atoms with van der Waals surface area (Å²) in [5.74, 6) is -3.69. The van der Waals surface area contributed by atoms with Crippen molar-refractivity contribution in [3.8, 4) is 0 Å². The van der Waals surface area contributed by atoms with Crippen molar-refractivity contribution in [2.24, 2.45) is 9.98 Å². The Hall–Kier alpha value is -5.85. The van der Waals surface area contributed by atoms with Crippen LogP contribution in [-0.2, 0) is 31.2 Å². The average molecular weight is 809 g/mol. The van der Waals surface area contributed by atoms with Crippen molar-refractivity contribution in [3.63, 3.8) is 0 Å². The van der Waals surface area contributed by atoms with Gasteiger partial charge in [0, 0.05) is 34.4 Å². The van der Waals surface area contributed by atoms with Crippen LogP contribution in [0.3, 0.4) is 0 Å². The van der Waals surface area contributed by atoms with E-state index in [1.165, 1.54) is 21.9 Å². The molecule has 0 atom stereocenters. The van der Waals surface area contributed by atoms with Gasteiger partial charge in [-0.1, -0.05) is 36.4 Å². The first-order valence-electron chi connectivity index (χ1n) is 17.5. The number of anilines is 2. The predicted molar refractivity (Wildman–Crippen MR) is 206 cm³/mol. The van der Waals surface area contributed by atoms with Crippen molar-refractivity contribution in [3.05, 3.63) is 180 Å². The summed E-state index contributed by atoms with van der Waals surface area (Å²) in [6.45, 7) is 1.82. The van der Waals surface area contributed by atoms with Crippen molar-refractivity contribution in [2.75, 3.05) is 49.2 Å². The molecule has 57 heavy (non-hydrogen) atoms. The van der Waals surface area contributed by atoms with E-state index < -0.39 is 35.1 Å². The smallest absolute Gasteiger partial charge is 0.478 e. The van der Waals surface area contributed by atoms with E-state index in [-0.39, 0.29) is 46.2 Å². The number of halogens is 4. The van der Waals surface area contributed by atoms with Gasteiger partial charge in [0.05, 0.1) is 26.2 Å². The molecule has 0 unspecified atom stereocenters. The maximum absolute atomic E-state index is 14.1. The summed E-state index contributed by atoms with van der Waals surface area (Å²) in [4.78, 5) is 36.0. The van der Waals surface area contributed by atoms with Gasteiger partial charge in [-0.25, -0.2) is 41.9 Å². The van der Waals surface area contributed by atoms with Crippen LogP contribution >= 0.6 is 0 Å². The topological polar surface area (TPSA) is 83.8 Å². The number of allylic oxidation sites excluding steroid dienone is 8. The minimum atomic E-state index is -0.937. The number of benzene rings is 4. The number of amides is 2. The van der Waals surface area contributed by atoms with Crippen LogP contribution in [0.2, 0.25) is 0 Å². The molecule has 0 spiro atoms. The molecule has 8 nitrogen and oxygen atoms in total. The number of nitrogens with zero attached hydrogens (tertiary/aromatic N) is 4. The Bertz CT molecular complexity index is 1950. The number of carbonyl (C=O) groups is 2. The molecule has 2 aliphatic carbocycles. The molecule has 0 bridgehead atoms. The standard InChI is InChI=1S/2C17H13F2N2O2.2C5H5.Ti/c2*18-13-6-7-15(14(19)10-13)21(11-16-20-8-9-23-16)17(22)12-4-2-1-3-5-12;2*1-2-4-5-3-1;/h2*1-7H,8-9,11H2;2*1-3H,4H2;/q4*-1;+4. The maximum atomic E-state index is 14.1. The fourth-order valence-electron chi connectivity index (χ4n) is 5.20. The van der Waals surface area contributed by atoms with E-state index in [0.29, 0.717) is 49.2 Å². The van der Waals surface area contributed by atoms with E-state index in [1.807, 2.05) is 36.4 Å². The third-order valence-electron chi connectivity index (χ3n) is 7.85. The normalized spacial score (nSPS) is 13.9. The van der Waals surface area contributed by atoms with Crippen LogP contribution in [-0.4, -0.2) is 63.0 Å². The molecule has 0 aromatic heterocycles. The second kappa shape index (κ2) is 23.3. The second-order valence-corrected chi connectivity index (χ2v) is 11.8. The van der Waals surface area contributed by atoms with Gasteiger partial charge in [0.15, 0.2) is 0 Å². The summed E-state index contributed by atoms with van der Waals surface area (Å²) in [5, 5.41) is 0. The molecule has 0 fully saturated rings. The molecule has 4 aromatic carbocycles. The summed E-state index contributed by atoms with van der Waals surface area (Å²) in [7, 11) is 0. The fourth-order valence-corrected chi connectivity index (χ4v) is 5.20. The molecule has 13 heteroatoms. The van der Waals surface area contributed by atoms with Crippen LogP contribution in [0.4, 0.5) is 28.9 Å². The number of aliphatic imine (C=N–C) groups is 2. The van der Waals surface area contributed by atoms with E-state index in [1.54, 1.807) is 60.7 Å². The Morgan fingerprint density at radius 1 is 0.596 bits per heavy atom. The average Bonchev–Trinajstić information content (AvgIpc) is 4.08. The molecule has 4 aromatic rings. The summed E-state index contributed by atoms with van der Waals surface area (Å²) in [5.41, 5.74) is 0.626. The third-order valence-corrected chi connectivity index (χ3v) is 7.85. The minimum Gasteiger partial charge on any atom is -0.478 e. The third kappa shape index (κ3) is 13.7. The molecule has 4 aliphatic rings. The van der Waals surface area contributed by atoms with Crippen molar-refractivity contribution in [1.29, 1.82) is 0 Å². The molecule has 0 N–H and O–H groups in total. The Labute approximate surface area is 344 Å². The van der Waals surface area contributed by atoms with Gasteiger partial charge in [0.2, 0.25) is 23.6 Å². The van der Waals surface area contributed by atoms with E-state index in [4.69, 9.17) is 9.47 Å². The largest absolute Gasteiger partial charge is 4.00 e. The predicted octanol–water partition coefficient (Wildman–Crippen LogP) is 8.29. The van der Waals surface area contributed by atoms with Gasteiger partial charge < -0.3 is 19.3 Å². The number of hydrogen-bond donors (Lipinski definition) is 0. The van der Waals surface area contributed by atoms with Crippen molar-refractivity contribution < 1.29 is 58.3 Å². The zero-order valence-corrected chi connectivity index (χ0v) is 32.2.